The van der Waals surface area contributed by atoms with Crippen LogP contribution in [0.3, 0.4) is 0 Å². The summed E-state index contributed by atoms with van der Waals surface area (Å²) in [5.74, 6) is -2.16. The van der Waals surface area contributed by atoms with Crippen LogP contribution in [0.2, 0.25) is 4.44 Å². The number of carbonyl (C=O) groups is 3. The molecule has 75 heavy (non-hydrogen) atoms. The van der Waals surface area contributed by atoms with Crippen molar-refractivity contribution in [2.24, 2.45) is 0 Å². The van der Waals surface area contributed by atoms with E-state index in [4.69, 9.17) is 9.22 Å². The Balaban J connectivity index is 1.34. The van der Waals surface area contributed by atoms with Gasteiger partial charge in [-0.2, -0.15) is 0 Å². The van der Waals surface area contributed by atoms with Crippen LogP contribution in [0.5, 0.6) is 0 Å². The zero-order valence-electron chi connectivity index (χ0n) is 42.4. The summed E-state index contributed by atoms with van der Waals surface area (Å²) in [6.45, 7) is 2.18. The molecule has 9 aromatic carbocycles. The Kier molecular flexibility index (Phi) is 17.0. The van der Waals surface area contributed by atoms with Crippen molar-refractivity contribution in [2.75, 3.05) is 0 Å². The number of hydrogen-bond donors (Lipinski definition) is 0. The third kappa shape index (κ3) is 10.6. The summed E-state index contributed by atoms with van der Waals surface area (Å²) < 4.78 is 22.3. The number of unbranched alkanes of at least 4 members (excludes halogenated alkanes) is 5. The van der Waals surface area contributed by atoms with Crippen molar-refractivity contribution in [3.05, 3.63) is 323 Å². The second-order valence-electron chi connectivity index (χ2n) is 18.9. The molecule has 0 bridgehead atoms. The van der Waals surface area contributed by atoms with E-state index in [0.717, 1.165) is 32.1 Å². The van der Waals surface area contributed by atoms with Crippen molar-refractivity contribution in [3.8, 4) is 0 Å². The predicted octanol–water partition coefficient (Wildman–Crippen LogP) is 15.0. The number of rotatable bonds is 22. The number of benzene rings is 9. The second kappa shape index (κ2) is 24.5. The molecule has 0 atom stereocenters. The van der Waals surface area contributed by atoms with Crippen LogP contribution in [0.1, 0.15) is 95.5 Å². The van der Waals surface area contributed by atoms with Gasteiger partial charge in [0.15, 0.2) is 0 Å². The first-order valence-electron chi connectivity index (χ1n) is 26.1. The quantitative estimate of drug-likeness (QED) is 0.0382. The van der Waals surface area contributed by atoms with E-state index in [1.807, 2.05) is 273 Å². The molecule has 0 fully saturated rings. The summed E-state index contributed by atoms with van der Waals surface area (Å²) in [6, 6.07) is 85.9. The van der Waals surface area contributed by atoms with E-state index in [0.29, 0.717) is 56.5 Å². The van der Waals surface area contributed by atoms with Gasteiger partial charge in [-0.3, -0.25) is 0 Å². The molecule has 374 valence electrons. The standard InChI is InChI=1S/3C20H16O2.C8H17.Sn/c3*21-19(22)20(16-10-4-1-5-11-16,17-12-6-2-7-13-17)18-14-8-3-9-15-18;1-3-5-7-8-6-4-2;/h3*1-15H,(H,21,22);1,3-8H2,2H3;/q;;;;+3/p-3. The van der Waals surface area contributed by atoms with Crippen molar-refractivity contribution in [1.82, 2.24) is 0 Å². The summed E-state index contributed by atoms with van der Waals surface area (Å²) in [5, 5.41) is 0. The van der Waals surface area contributed by atoms with Crippen LogP contribution < -0.4 is 0 Å². The van der Waals surface area contributed by atoms with Gasteiger partial charge in [0.1, 0.15) is 0 Å². The van der Waals surface area contributed by atoms with Gasteiger partial charge in [0.25, 0.3) is 0 Å². The van der Waals surface area contributed by atoms with E-state index in [1.54, 1.807) is 0 Å². The third-order valence-corrected chi connectivity index (χ3v) is 21.4. The maximum atomic E-state index is 16.8. The Labute approximate surface area is 447 Å². The summed E-state index contributed by atoms with van der Waals surface area (Å²) in [6.07, 6.45) is 5.16. The van der Waals surface area contributed by atoms with Gasteiger partial charge in [-0.25, -0.2) is 0 Å². The molecule has 0 heterocycles. The van der Waals surface area contributed by atoms with Gasteiger partial charge in [-0.05, 0) is 0 Å². The Morgan fingerprint density at radius 3 is 0.640 bits per heavy atom. The van der Waals surface area contributed by atoms with Gasteiger partial charge in [-0.1, -0.05) is 0 Å². The maximum absolute atomic E-state index is 16.8. The van der Waals surface area contributed by atoms with Crippen LogP contribution in [-0.4, -0.2) is 37.5 Å². The molecule has 7 heteroatoms. The molecule has 9 aromatic rings. The molecule has 0 amide bonds. The van der Waals surface area contributed by atoms with Crippen LogP contribution in [0.4, 0.5) is 0 Å². The predicted molar refractivity (Wildman–Crippen MR) is 300 cm³/mol. The van der Waals surface area contributed by atoms with E-state index in [-0.39, 0.29) is 4.44 Å². The molecule has 0 saturated heterocycles. The number of carbonyl (C=O) groups excluding carboxylic acids is 3. The first-order chi connectivity index (χ1) is 36.9. The van der Waals surface area contributed by atoms with E-state index in [9.17, 15) is 0 Å². The molecule has 0 radical (unpaired) electrons. The SMILES string of the molecule is CCCCCCC[CH2][Sn]([O]C(=O)C(c1ccccc1)(c1ccccc1)c1ccccc1)([O]C(=O)C(c1ccccc1)(c1ccccc1)c1ccccc1)[O]C(=O)C(c1ccccc1)(c1ccccc1)c1ccccc1. The zero-order valence-corrected chi connectivity index (χ0v) is 45.2. The van der Waals surface area contributed by atoms with Crippen molar-refractivity contribution in [2.45, 2.75) is 66.1 Å². The van der Waals surface area contributed by atoms with Crippen molar-refractivity contribution in [1.29, 1.82) is 0 Å². The second-order valence-corrected chi connectivity index (χ2v) is 26.0. The fraction of sp³-hybridized carbons (Fsp3) is 0.162. The molecule has 0 spiro atoms. The van der Waals surface area contributed by atoms with Crippen LogP contribution >= 0.6 is 0 Å². The Morgan fingerprint density at radius 2 is 0.453 bits per heavy atom. The molecule has 0 aliphatic rings. The molecular weight excluding hydrogens is 1030 g/mol. The first-order valence-corrected chi connectivity index (χ1v) is 31.6. The first kappa shape index (κ1) is 52.1. The van der Waals surface area contributed by atoms with Gasteiger partial charge in [0.2, 0.25) is 0 Å². The summed E-state index contributed by atoms with van der Waals surface area (Å²) in [5.41, 5.74) is 0.775. The average Bonchev–Trinajstić information content (AvgIpc) is 3.48. The van der Waals surface area contributed by atoms with Crippen molar-refractivity contribution >= 4 is 37.5 Å². The summed E-state index contributed by atoms with van der Waals surface area (Å²) in [7, 11) is 0. The zero-order chi connectivity index (χ0) is 51.8. The fourth-order valence-corrected chi connectivity index (χ4v) is 17.7. The molecule has 0 aliphatic carbocycles. The minimum absolute atomic E-state index is 0.0153. The molecule has 0 saturated carbocycles. The van der Waals surface area contributed by atoms with E-state index >= 15 is 14.4 Å². The Hall–Kier alpha value is -7.81. The van der Waals surface area contributed by atoms with Crippen LogP contribution in [0.15, 0.2) is 273 Å². The molecule has 6 nitrogen and oxygen atoms in total. The monoisotopic (exact) mass is 1090 g/mol. The summed E-state index contributed by atoms with van der Waals surface area (Å²) in [4.78, 5) is 50.4. The fourth-order valence-electron chi connectivity index (χ4n) is 10.7. The molecule has 0 aromatic heterocycles. The van der Waals surface area contributed by atoms with Crippen molar-refractivity contribution < 1.29 is 23.6 Å². The van der Waals surface area contributed by atoms with Gasteiger partial charge >= 0.3 is 450 Å². The molecule has 0 N–H and O–H groups in total. The van der Waals surface area contributed by atoms with Crippen LogP contribution in [0, 0.1) is 0 Å². The van der Waals surface area contributed by atoms with Crippen LogP contribution in [-0.2, 0) is 39.9 Å². The molecule has 0 unspecified atom stereocenters. The topological polar surface area (TPSA) is 78.9 Å². The molecule has 9 rings (SSSR count). The van der Waals surface area contributed by atoms with Gasteiger partial charge in [0, 0.05) is 0 Å². The summed E-state index contributed by atoms with van der Waals surface area (Å²) >= 11 is -6.37. The average molecular weight is 1090 g/mol. The van der Waals surface area contributed by atoms with Crippen LogP contribution in [0.25, 0.3) is 0 Å². The van der Waals surface area contributed by atoms with Gasteiger partial charge in [0.05, 0.1) is 0 Å². The minimum atomic E-state index is -6.37. The van der Waals surface area contributed by atoms with E-state index < -0.39 is 53.8 Å². The van der Waals surface area contributed by atoms with E-state index in [1.165, 1.54) is 0 Å². The van der Waals surface area contributed by atoms with Crippen molar-refractivity contribution in [3.63, 3.8) is 0 Å². The van der Waals surface area contributed by atoms with Gasteiger partial charge in [-0.15, -0.1) is 0 Å². The number of hydrogen-bond acceptors (Lipinski definition) is 6. The van der Waals surface area contributed by atoms with Gasteiger partial charge < -0.3 is 0 Å². The van der Waals surface area contributed by atoms with E-state index in [2.05, 4.69) is 6.92 Å². The Bertz CT molecular complexity index is 2570. The molecule has 0 aliphatic heterocycles. The normalized spacial score (nSPS) is 11.8. The Morgan fingerprint density at radius 1 is 0.280 bits per heavy atom. The third-order valence-electron chi connectivity index (χ3n) is 14.4. The molecular formula is C68H62O6Sn.